The van der Waals surface area contributed by atoms with Crippen molar-refractivity contribution in [2.75, 3.05) is 14.2 Å². The highest BCUT2D eigenvalue weighted by Crippen LogP contribution is 2.16. The maximum atomic E-state index is 5.89. The van der Waals surface area contributed by atoms with Crippen LogP contribution in [-0.2, 0) is 0 Å². The third-order valence-corrected chi connectivity index (χ3v) is 2.51. The van der Waals surface area contributed by atoms with Gasteiger partial charge in [-0.25, -0.2) is 4.98 Å². The van der Waals surface area contributed by atoms with Gasteiger partial charge in [0.05, 0.1) is 20.4 Å². The van der Waals surface area contributed by atoms with Gasteiger partial charge in [0.25, 0.3) is 0 Å². The van der Waals surface area contributed by atoms with Gasteiger partial charge >= 0.3 is 6.01 Å². The Balaban J connectivity index is 2.34. The Kier molecular flexibility index (Phi) is 4.22. The number of methoxy groups -OCH3 is 2. The number of nitrogens with zero attached hydrogens (tertiary/aromatic N) is 2. The number of halogens is 1. The van der Waals surface area contributed by atoms with Crippen molar-refractivity contribution in [2.24, 2.45) is 0 Å². The van der Waals surface area contributed by atoms with E-state index in [4.69, 9.17) is 21.1 Å². The van der Waals surface area contributed by atoms with Crippen LogP contribution in [0.4, 0.5) is 0 Å². The summed E-state index contributed by atoms with van der Waals surface area (Å²) >= 11 is 5.89. The quantitative estimate of drug-likeness (QED) is 0.790. The predicted molar refractivity (Wildman–Crippen MR) is 72.6 cm³/mol. The van der Waals surface area contributed by atoms with Crippen molar-refractivity contribution < 1.29 is 9.47 Å². The first kappa shape index (κ1) is 13.2. The molecule has 19 heavy (non-hydrogen) atoms. The van der Waals surface area contributed by atoms with Crippen LogP contribution in [0, 0.1) is 11.8 Å². The molecule has 0 aliphatic carbocycles. The van der Waals surface area contributed by atoms with Crippen molar-refractivity contribution in [3.05, 3.63) is 46.6 Å². The summed E-state index contributed by atoms with van der Waals surface area (Å²) in [5, 5.41) is 0.643. The summed E-state index contributed by atoms with van der Waals surface area (Å²) in [5.74, 6) is 6.30. The lowest BCUT2D eigenvalue weighted by molar-refractivity contribution is 0.351. The van der Waals surface area contributed by atoms with Gasteiger partial charge in [0.2, 0.25) is 5.88 Å². The lowest BCUT2D eigenvalue weighted by Crippen LogP contribution is -1.97. The molecule has 0 fully saturated rings. The van der Waals surface area contributed by atoms with Crippen LogP contribution < -0.4 is 9.47 Å². The average molecular weight is 275 g/mol. The summed E-state index contributed by atoms with van der Waals surface area (Å²) in [7, 11) is 3.01. The van der Waals surface area contributed by atoms with Crippen LogP contribution in [0.5, 0.6) is 11.9 Å². The molecule has 0 N–H and O–H groups in total. The van der Waals surface area contributed by atoms with Gasteiger partial charge in [0.15, 0.2) is 0 Å². The third kappa shape index (κ3) is 3.36. The second-order valence-electron chi connectivity index (χ2n) is 3.54. The predicted octanol–water partition coefficient (Wildman–Crippen LogP) is 2.55. The van der Waals surface area contributed by atoms with E-state index in [9.17, 15) is 0 Å². The number of aromatic nitrogens is 2. The largest absolute Gasteiger partial charge is 0.480 e. The molecule has 0 saturated heterocycles. The van der Waals surface area contributed by atoms with Gasteiger partial charge in [-0.1, -0.05) is 29.5 Å². The monoisotopic (exact) mass is 274 g/mol. The number of hydrogen-bond acceptors (Lipinski definition) is 4. The zero-order valence-corrected chi connectivity index (χ0v) is 11.2. The van der Waals surface area contributed by atoms with Crippen molar-refractivity contribution in [1.29, 1.82) is 0 Å². The molecule has 2 aromatic rings. The van der Waals surface area contributed by atoms with Crippen LogP contribution in [-0.4, -0.2) is 24.2 Å². The standard InChI is InChI=1S/C14H11ClN2O2/c1-18-13-11(9-16-14(17-13)19-2)7-6-10-4-3-5-12(15)8-10/h3-5,8-9H,1-2H3. The van der Waals surface area contributed by atoms with Gasteiger partial charge < -0.3 is 9.47 Å². The van der Waals surface area contributed by atoms with Crippen LogP contribution in [0.1, 0.15) is 11.1 Å². The zero-order chi connectivity index (χ0) is 13.7. The molecule has 0 atom stereocenters. The molecule has 96 valence electrons. The van der Waals surface area contributed by atoms with Crippen LogP contribution in [0.3, 0.4) is 0 Å². The Morgan fingerprint density at radius 2 is 2.00 bits per heavy atom. The Labute approximate surface area is 116 Å². The molecular weight excluding hydrogens is 264 g/mol. The SMILES string of the molecule is COc1ncc(C#Cc2cccc(Cl)c2)c(OC)n1. The highest BCUT2D eigenvalue weighted by Gasteiger charge is 2.05. The topological polar surface area (TPSA) is 44.2 Å². The minimum absolute atomic E-state index is 0.241. The maximum Gasteiger partial charge on any atom is 0.319 e. The number of ether oxygens (including phenoxy) is 2. The van der Waals surface area contributed by atoms with Crippen molar-refractivity contribution in [2.45, 2.75) is 0 Å². The molecule has 0 amide bonds. The van der Waals surface area contributed by atoms with Crippen LogP contribution in [0.15, 0.2) is 30.5 Å². The highest BCUT2D eigenvalue weighted by atomic mass is 35.5. The summed E-state index contributed by atoms with van der Waals surface area (Å²) in [6.07, 6.45) is 1.56. The van der Waals surface area contributed by atoms with Crippen LogP contribution >= 0.6 is 11.6 Å². The van der Waals surface area contributed by atoms with Gasteiger partial charge in [-0.2, -0.15) is 4.98 Å². The number of rotatable bonds is 2. The van der Waals surface area contributed by atoms with Crippen molar-refractivity contribution in [3.8, 4) is 23.7 Å². The molecule has 1 aromatic carbocycles. The highest BCUT2D eigenvalue weighted by molar-refractivity contribution is 6.30. The molecule has 0 bridgehead atoms. The van der Waals surface area contributed by atoms with Gasteiger partial charge in [0, 0.05) is 10.6 Å². The van der Waals surface area contributed by atoms with Crippen molar-refractivity contribution in [1.82, 2.24) is 9.97 Å². The summed E-state index contributed by atoms with van der Waals surface area (Å²) < 4.78 is 10.1. The van der Waals surface area contributed by atoms with Gasteiger partial charge in [-0.15, -0.1) is 0 Å². The van der Waals surface area contributed by atoms with E-state index in [1.54, 1.807) is 18.3 Å². The van der Waals surface area contributed by atoms with E-state index in [1.165, 1.54) is 14.2 Å². The van der Waals surface area contributed by atoms with Gasteiger partial charge in [0.1, 0.15) is 5.56 Å². The van der Waals surface area contributed by atoms with Crippen molar-refractivity contribution >= 4 is 11.6 Å². The van der Waals surface area contributed by atoms with Crippen molar-refractivity contribution in [3.63, 3.8) is 0 Å². The summed E-state index contributed by atoms with van der Waals surface area (Å²) in [5.41, 5.74) is 1.40. The molecule has 5 heteroatoms. The maximum absolute atomic E-state index is 5.89. The first-order valence-corrected chi connectivity index (χ1v) is 5.83. The lowest BCUT2D eigenvalue weighted by Gasteiger charge is -2.03. The fourth-order valence-corrected chi connectivity index (χ4v) is 1.59. The zero-order valence-electron chi connectivity index (χ0n) is 10.5. The summed E-state index contributed by atoms with van der Waals surface area (Å²) in [4.78, 5) is 8.05. The lowest BCUT2D eigenvalue weighted by atomic mass is 10.2. The molecule has 1 heterocycles. The Hall–Kier alpha value is -2.25. The first-order chi connectivity index (χ1) is 9.22. The van der Waals surface area contributed by atoms with Crippen LogP contribution in [0.2, 0.25) is 5.02 Å². The average Bonchev–Trinajstić information content (AvgIpc) is 2.45. The van der Waals surface area contributed by atoms with E-state index >= 15 is 0 Å². The second kappa shape index (κ2) is 6.07. The molecule has 1 aromatic heterocycles. The van der Waals surface area contributed by atoms with E-state index in [0.717, 1.165) is 5.56 Å². The normalized spacial score (nSPS) is 9.42. The van der Waals surface area contributed by atoms with Gasteiger partial charge in [-0.05, 0) is 18.2 Å². The Morgan fingerprint density at radius 1 is 1.16 bits per heavy atom. The van der Waals surface area contributed by atoms with E-state index in [0.29, 0.717) is 16.5 Å². The molecule has 2 rings (SSSR count). The molecule has 0 spiro atoms. The molecule has 0 saturated carbocycles. The Bertz CT molecular complexity index is 647. The summed E-state index contributed by atoms with van der Waals surface area (Å²) in [6, 6.07) is 7.53. The van der Waals surface area contributed by atoms with Crippen LogP contribution in [0.25, 0.3) is 0 Å². The van der Waals surface area contributed by atoms with E-state index in [-0.39, 0.29) is 6.01 Å². The smallest absolute Gasteiger partial charge is 0.319 e. The molecular formula is C14H11ClN2O2. The third-order valence-electron chi connectivity index (χ3n) is 2.27. The minimum Gasteiger partial charge on any atom is -0.480 e. The minimum atomic E-state index is 0.241. The Morgan fingerprint density at radius 3 is 2.68 bits per heavy atom. The molecule has 0 unspecified atom stereocenters. The van der Waals surface area contributed by atoms with E-state index in [1.807, 2.05) is 12.1 Å². The fraction of sp³-hybridized carbons (Fsp3) is 0.143. The first-order valence-electron chi connectivity index (χ1n) is 5.45. The fourth-order valence-electron chi connectivity index (χ4n) is 1.40. The number of hydrogen-bond donors (Lipinski definition) is 0. The van der Waals surface area contributed by atoms with E-state index < -0.39 is 0 Å². The molecule has 4 nitrogen and oxygen atoms in total. The second-order valence-corrected chi connectivity index (χ2v) is 3.98. The summed E-state index contributed by atoms with van der Waals surface area (Å²) in [6.45, 7) is 0. The van der Waals surface area contributed by atoms with Gasteiger partial charge in [-0.3, -0.25) is 0 Å². The molecule has 0 aliphatic heterocycles. The van der Waals surface area contributed by atoms with E-state index in [2.05, 4.69) is 21.8 Å². The number of benzene rings is 1. The molecule has 0 aliphatic rings. The molecule has 0 radical (unpaired) electrons.